The first-order valence-corrected chi connectivity index (χ1v) is 7.09. The molecule has 0 radical (unpaired) electrons. The highest BCUT2D eigenvalue weighted by Crippen LogP contribution is 2.12. The van der Waals surface area contributed by atoms with Crippen LogP contribution in [0.25, 0.3) is 0 Å². The van der Waals surface area contributed by atoms with Crippen LogP contribution in [0.5, 0.6) is 0 Å². The van der Waals surface area contributed by atoms with Crippen molar-refractivity contribution in [2.24, 2.45) is 5.73 Å². The molecule has 0 saturated carbocycles. The number of nitrogens with zero attached hydrogens (tertiary/aromatic N) is 1. The summed E-state index contributed by atoms with van der Waals surface area (Å²) in [6.45, 7) is 2.43. The fourth-order valence-corrected chi connectivity index (χ4v) is 2.28. The molecule has 0 heterocycles. The van der Waals surface area contributed by atoms with Gasteiger partial charge in [-0.2, -0.15) is 0 Å². The quantitative estimate of drug-likeness (QED) is 0.845. The molecule has 0 spiro atoms. The molecule has 2 aromatic carbocycles. The Morgan fingerprint density at radius 1 is 0.955 bits per heavy atom. The van der Waals surface area contributed by atoms with E-state index in [-0.39, 0.29) is 12.4 Å². The van der Waals surface area contributed by atoms with Gasteiger partial charge in [0.25, 0.3) is 0 Å². The van der Waals surface area contributed by atoms with Crippen molar-refractivity contribution in [1.29, 1.82) is 0 Å². The van der Waals surface area contributed by atoms with Gasteiger partial charge >= 0.3 is 0 Å². The van der Waals surface area contributed by atoms with Crippen LogP contribution in [-0.4, -0.2) is 24.5 Å². The van der Waals surface area contributed by atoms with Gasteiger partial charge in [0.05, 0.1) is 0 Å². The Bertz CT molecular complexity index is 564. The maximum Gasteiger partial charge on any atom is 0.130 e. The van der Waals surface area contributed by atoms with Gasteiger partial charge < -0.3 is 5.73 Å². The minimum Gasteiger partial charge on any atom is -0.329 e. The van der Waals surface area contributed by atoms with E-state index >= 15 is 0 Å². The van der Waals surface area contributed by atoms with E-state index in [0.717, 1.165) is 19.0 Å². The van der Waals surface area contributed by atoms with Crippen LogP contribution in [0.4, 0.5) is 8.78 Å². The normalized spacial score (nSPS) is 10.5. The number of hydrogen-bond acceptors (Lipinski definition) is 2. The van der Waals surface area contributed by atoms with E-state index < -0.39 is 11.6 Å². The molecule has 0 aromatic heterocycles. The van der Waals surface area contributed by atoms with Crippen LogP contribution in [0, 0.1) is 11.6 Å². The van der Waals surface area contributed by atoms with Gasteiger partial charge in [0.15, 0.2) is 0 Å². The molecule has 0 atom stereocenters. The summed E-state index contributed by atoms with van der Waals surface area (Å²) in [5.41, 5.74) is 7.35. The van der Waals surface area contributed by atoms with Gasteiger partial charge in [-0.3, -0.25) is 4.90 Å². The van der Waals surface area contributed by atoms with E-state index in [1.54, 1.807) is 0 Å². The first-order chi connectivity index (χ1) is 10.2. The minimum atomic E-state index is -0.550. The lowest BCUT2D eigenvalue weighted by atomic mass is 10.1. The van der Waals surface area contributed by atoms with E-state index in [9.17, 15) is 8.78 Å². The molecule has 22 heavy (non-hydrogen) atoms. The fourth-order valence-electron chi connectivity index (χ4n) is 2.28. The second-order valence-corrected chi connectivity index (χ2v) is 5.04. The molecule has 0 aliphatic rings. The zero-order chi connectivity index (χ0) is 15.1. The number of benzene rings is 2. The molecule has 5 heteroatoms. The molecule has 2 aromatic rings. The molecule has 2 N–H and O–H groups in total. The van der Waals surface area contributed by atoms with Crippen LogP contribution in [0.1, 0.15) is 11.1 Å². The molecular weight excluding hydrogens is 306 g/mol. The van der Waals surface area contributed by atoms with Gasteiger partial charge in [0, 0.05) is 37.8 Å². The standard InChI is InChI=1S/C17H20F2N2.ClH/c18-16-7-6-15(17(19)12-16)13-21(11-9-20)10-8-14-4-2-1-3-5-14;/h1-7,12H,8-11,13,20H2;1H. The van der Waals surface area contributed by atoms with Crippen LogP contribution < -0.4 is 5.73 Å². The molecule has 0 aliphatic heterocycles. The molecule has 2 nitrogen and oxygen atoms in total. The van der Waals surface area contributed by atoms with E-state index in [4.69, 9.17) is 5.73 Å². The summed E-state index contributed by atoms with van der Waals surface area (Å²) >= 11 is 0. The van der Waals surface area contributed by atoms with Gasteiger partial charge in [0.2, 0.25) is 0 Å². The summed E-state index contributed by atoms with van der Waals surface area (Å²) in [4.78, 5) is 2.09. The Kier molecular flexibility index (Phi) is 8.02. The maximum absolute atomic E-state index is 13.7. The topological polar surface area (TPSA) is 29.3 Å². The van der Waals surface area contributed by atoms with E-state index in [1.165, 1.54) is 17.7 Å². The predicted octanol–water partition coefficient (Wildman–Crippen LogP) is 3.39. The average Bonchev–Trinajstić information content (AvgIpc) is 2.49. The second kappa shape index (κ2) is 9.51. The third-order valence-electron chi connectivity index (χ3n) is 3.41. The van der Waals surface area contributed by atoms with Crippen molar-refractivity contribution in [1.82, 2.24) is 4.90 Å². The summed E-state index contributed by atoms with van der Waals surface area (Å²) in [7, 11) is 0. The molecule has 0 bridgehead atoms. The highest BCUT2D eigenvalue weighted by Gasteiger charge is 2.10. The maximum atomic E-state index is 13.7. The van der Waals surface area contributed by atoms with E-state index in [2.05, 4.69) is 17.0 Å². The van der Waals surface area contributed by atoms with Crippen molar-refractivity contribution in [3.05, 3.63) is 71.3 Å². The number of hydrogen-bond donors (Lipinski definition) is 1. The molecule has 0 amide bonds. The minimum absolute atomic E-state index is 0. The Hall–Kier alpha value is -1.49. The highest BCUT2D eigenvalue weighted by atomic mass is 35.5. The van der Waals surface area contributed by atoms with E-state index in [0.29, 0.717) is 25.2 Å². The second-order valence-electron chi connectivity index (χ2n) is 5.04. The van der Waals surface area contributed by atoms with Crippen molar-refractivity contribution in [3.63, 3.8) is 0 Å². The van der Waals surface area contributed by atoms with Gasteiger partial charge in [-0.05, 0) is 18.1 Å². The largest absolute Gasteiger partial charge is 0.329 e. The first-order valence-electron chi connectivity index (χ1n) is 7.09. The van der Waals surface area contributed by atoms with E-state index in [1.807, 2.05) is 18.2 Å². The van der Waals surface area contributed by atoms with Crippen LogP contribution in [0.3, 0.4) is 0 Å². The zero-order valence-corrected chi connectivity index (χ0v) is 13.2. The van der Waals surface area contributed by atoms with Crippen molar-refractivity contribution >= 4 is 12.4 Å². The zero-order valence-electron chi connectivity index (χ0n) is 12.3. The monoisotopic (exact) mass is 326 g/mol. The lowest BCUT2D eigenvalue weighted by Gasteiger charge is -2.22. The average molecular weight is 327 g/mol. The van der Waals surface area contributed by atoms with Crippen molar-refractivity contribution in [2.45, 2.75) is 13.0 Å². The van der Waals surface area contributed by atoms with Crippen LogP contribution in [0.2, 0.25) is 0 Å². The molecule has 0 aliphatic carbocycles. The molecule has 120 valence electrons. The van der Waals surface area contributed by atoms with Gasteiger partial charge in [-0.15, -0.1) is 12.4 Å². The highest BCUT2D eigenvalue weighted by molar-refractivity contribution is 5.85. The fraction of sp³-hybridized carbons (Fsp3) is 0.294. The Labute approximate surface area is 136 Å². The summed E-state index contributed by atoms with van der Waals surface area (Å²) in [6.07, 6.45) is 0.879. The molecular formula is C17H21ClF2N2. The lowest BCUT2D eigenvalue weighted by Crippen LogP contribution is -2.31. The number of nitrogens with two attached hydrogens (primary N) is 1. The summed E-state index contributed by atoms with van der Waals surface area (Å²) in [5.74, 6) is -1.05. The smallest absolute Gasteiger partial charge is 0.130 e. The van der Waals surface area contributed by atoms with Crippen molar-refractivity contribution < 1.29 is 8.78 Å². The van der Waals surface area contributed by atoms with Crippen LogP contribution >= 0.6 is 12.4 Å². The van der Waals surface area contributed by atoms with Crippen LogP contribution in [-0.2, 0) is 13.0 Å². The van der Waals surface area contributed by atoms with Crippen molar-refractivity contribution in [3.8, 4) is 0 Å². The molecule has 2 rings (SSSR count). The number of rotatable bonds is 7. The first kappa shape index (κ1) is 18.6. The van der Waals surface area contributed by atoms with Crippen molar-refractivity contribution in [2.75, 3.05) is 19.6 Å². The Balaban J connectivity index is 0.00000242. The molecule has 0 fully saturated rings. The summed E-state index contributed by atoms with van der Waals surface area (Å²) in [6, 6.07) is 13.8. The lowest BCUT2D eigenvalue weighted by molar-refractivity contribution is 0.272. The third-order valence-corrected chi connectivity index (χ3v) is 3.41. The van der Waals surface area contributed by atoms with Gasteiger partial charge in [0.1, 0.15) is 11.6 Å². The van der Waals surface area contributed by atoms with Gasteiger partial charge in [-0.25, -0.2) is 8.78 Å². The SMILES string of the molecule is Cl.NCCN(CCc1ccccc1)Cc1ccc(F)cc1F. The molecule has 0 saturated heterocycles. The predicted molar refractivity (Wildman–Crippen MR) is 88.1 cm³/mol. The molecule has 0 unspecified atom stereocenters. The van der Waals surface area contributed by atoms with Gasteiger partial charge in [-0.1, -0.05) is 36.4 Å². The summed E-state index contributed by atoms with van der Waals surface area (Å²) in [5, 5.41) is 0. The Morgan fingerprint density at radius 2 is 1.68 bits per heavy atom. The third kappa shape index (κ3) is 5.72. The number of halogens is 3. The Morgan fingerprint density at radius 3 is 2.32 bits per heavy atom. The summed E-state index contributed by atoms with van der Waals surface area (Å²) < 4.78 is 26.6. The van der Waals surface area contributed by atoms with Crippen LogP contribution in [0.15, 0.2) is 48.5 Å².